The molecule has 1 saturated heterocycles. The van der Waals surface area contributed by atoms with Gasteiger partial charge in [0.1, 0.15) is 17.5 Å². The minimum absolute atomic E-state index is 0. The van der Waals surface area contributed by atoms with Crippen LogP contribution < -0.4 is 9.47 Å². The standard InChI is InChI=1S/C27H36N6O2.ClH/c1-34-23-12-13-24(25(20-23)35-2)26(32-18-16-31(17-19-32)22-10-6-7-11-22)27-28-29-30-33(27)15-14-21-8-4-3-5-9-21;/h3-5,8-9,12-13,20,22,26H,6-7,10-11,14-19H2,1-2H3;1H. The second-order valence-electron chi connectivity index (χ2n) is 9.52. The maximum absolute atomic E-state index is 5.83. The van der Waals surface area contributed by atoms with Crippen LogP contribution in [0.5, 0.6) is 11.5 Å². The largest absolute Gasteiger partial charge is 0.497 e. The molecule has 1 aliphatic carbocycles. The molecular formula is C27H37ClN6O2. The SMILES string of the molecule is COc1ccc(C(c2nnnn2CCc2ccccc2)N2CCN(C3CCCC3)CC2)c(OC)c1.Cl. The summed E-state index contributed by atoms with van der Waals surface area (Å²) in [6, 6.07) is 17.2. The highest BCUT2D eigenvalue weighted by Gasteiger charge is 2.34. The fourth-order valence-electron chi connectivity index (χ4n) is 5.62. The number of tetrazole rings is 1. The summed E-state index contributed by atoms with van der Waals surface area (Å²) in [4.78, 5) is 5.20. The van der Waals surface area contributed by atoms with Gasteiger partial charge in [-0.3, -0.25) is 9.80 Å². The number of hydrogen-bond acceptors (Lipinski definition) is 7. The molecule has 2 aromatic carbocycles. The summed E-state index contributed by atoms with van der Waals surface area (Å²) in [7, 11) is 3.39. The highest BCUT2D eigenvalue weighted by Crippen LogP contribution is 2.37. The van der Waals surface area contributed by atoms with Gasteiger partial charge in [-0.2, -0.15) is 0 Å². The van der Waals surface area contributed by atoms with E-state index in [2.05, 4.69) is 55.7 Å². The van der Waals surface area contributed by atoms with Gasteiger partial charge in [-0.25, -0.2) is 4.68 Å². The number of benzene rings is 2. The summed E-state index contributed by atoms with van der Waals surface area (Å²) in [6.07, 6.45) is 6.29. The van der Waals surface area contributed by atoms with E-state index in [0.717, 1.165) is 68.1 Å². The molecule has 2 heterocycles. The van der Waals surface area contributed by atoms with Crippen LogP contribution in [0.4, 0.5) is 0 Å². The third kappa shape index (κ3) is 5.82. The van der Waals surface area contributed by atoms with E-state index < -0.39 is 0 Å². The van der Waals surface area contributed by atoms with Crippen LogP contribution in [-0.2, 0) is 13.0 Å². The zero-order valence-electron chi connectivity index (χ0n) is 21.3. The molecule has 36 heavy (non-hydrogen) atoms. The van der Waals surface area contributed by atoms with Crippen molar-refractivity contribution in [2.24, 2.45) is 0 Å². The Morgan fingerprint density at radius 1 is 0.944 bits per heavy atom. The van der Waals surface area contributed by atoms with Gasteiger partial charge in [-0.05, 0) is 47.4 Å². The lowest BCUT2D eigenvalue weighted by Gasteiger charge is -2.41. The Labute approximate surface area is 220 Å². The first kappa shape index (κ1) is 26.4. The van der Waals surface area contributed by atoms with Crippen molar-refractivity contribution < 1.29 is 9.47 Å². The number of piperazine rings is 1. The monoisotopic (exact) mass is 512 g/mol. The van der Waals surface area contributed by atoms with Crippen LogP contribution >= 0.6 is 12.4 Å². The predicted octanol–water partition coefficient (Wildman–Crippen LogP) is 4.00. The average Bonchev–Trinajstić information content (AvgIpc) is 3.62. The third-order valence-electron chi connectivity index (χ3n) is 7.55. The zero-order valence-corrected chi connectivity index (χ0v) is 22.1. The van der Waals surface area contributed by atoms with Gasteiger partial charge in [-0.1, -0.05) is 43.2 Å². The number of ether oxygens (including phenoxy) is 2. The van der Waals surface area contributed by atoms with Crippen molar-refractivity contribution >= 4 is 12.4 Å². The molecule has 0 bridgehead atoms. The molecule has 1 unspecified atom stereocenters. The smallest absolute Gasteiger partial charge is 0.173 e. The van der Waals surface area contributed by atoms with Crippen molar-refractivity contribution in [2.45, 2.75) is 50.7 Å². The van der Waals surface area contributed by atoms with Crippen LogP contribution in [0.1, 0.15) is 48.7 Å². The van der Waals surface area contributed by atoms with Crippen LogP contribution in [0.3, 0.4) is 0 Å². The van der Waals surface area contributed by atoms with Crippen molar-refractivity contribution in [2.75, 3.05) is 40.4 Å². The lowest BCUT2D eigenvalue weighted by Crippen LogP contribution is -2.51. The molecule has 2 fully saturated rings. The molecule has 2 aliphatic rings. The maximum Gasteiger partial charge on any atom is 0.173 e. The summed E-state index contributed by atoms with van der Waals surface area (Å²) in [5.74, 6) is 2.43. The lowest BCUT2D eigenvalue weighted by molar-refractivity contribution is 0.0763. The summed E-state index contributed by atoms with van der Waals surface area (Å²) in [6.45, 7) is 4.82. The van der Waals surface area contributed by atoms with Crippen molar-refractivity contribution in [1.82, 2.24) is 30.0 Å². The molecular weight excluding hydrogens is 476 g/mol. The van der Waals surface area contributed by atoms with E-state index >= 15 is 0 Å². The van der Waals surface area contributed by atoms with Gasteiger partial charge in [0, 0.05) is 50.4 Å². The van der Waals surface area contributed by atoms with E-state index in [1.165, 1.54) is 31.2 Å². The molecule has 1 atom stereocenters. The van der Waals surface area contributed by atoms with Gasteiger partial charge < -0.3 is 9.47 Å². The molecule has 0 radical (unpaired) electrons. The molecule has 8 nitrogen and oxygen atoms in total. The molecule has 5 rings (SSSR count). The fourth-order valence-corrected chi connectivity index (χ4v) is 5.62. The second kappa shape index (κ2) is 12.5. The van der Waals surface area contributed by atoms with E-state index in [9.17, 15) is 0 Å². The topological polar surface area (TPSA) is 68.5 Å². The molecule has 194 valence electrons. The number of methoxy groups -OCH3 is 2. The Bertz CT molecular complexity index is 1080. The number of aryl methyl sites for hydroxylation is 2. The second-order valence-corrected chi connectivity index (χ2v) is 9.52. The number of hydrogen-bond donors (Lipinski definition) is 0. The summed E-state index contributed by atoms with van der Waals surface area (Å²) >= 11 is 0. The zero-order chi connectivity index (χ0) is 24.0. The molecule has 1 aliphatic heterocycles. The summed E-state index contributed by atoms with van der Waals surface area (Å²) < 4.78 is 13.3. The van der Waals surface area contributed by atoms with Crippen LogP contribution in [0.2, 0.25) is 0 Å². The minimum atomic E-state index is -0.0904. The highest BCUT2D eigenvalue weighted by molar-refractivity contribution is 5.85. The first-order chi connectivity index (χ1) is 17.3. The Hall–Kier alpha value is -2.68. The van der Waals surface area contributed by atoms with Crippen LogP contribution in [0.15, 0.2) is 48.5 Å². The number of nitrogens with zero attached hydrogens (tertiary/aromatic N) is 6. The Balaban J connectivity index is 0.00000304. The first-order valence-electron chi connectivity index (χ1n) is 12.8. The first-order valence-corrected chi connectivity index (χ1v) is 12.8. The van der Waals surface area contributed by atoms with Gasteiger partial charge in [0.05, 0.1) is 14.2 Å². The van der Waals surface area contributed by atoms with Crippen LogP contribution in [0, 0.1) is 0 Å². The molecule has 9 heteroatoms. The lowest BCUT2D eigenvalue weighted by atomic mass is 10.0. The van der Waals surface area contributed by atoms with Gasteiger partial charge in [0.15, 0.2) is 5.82 Å². The maximum atomic E-state index is 5.83. The third-order valence-corrected chi connectivity index (χ3v) is 7.55. The van der Waals surface area contributed by atoms with Crippen molar-refractivity contribution in [3.8, 4) is 11.5 Å². The number of aromatic nitrogens is 4. The molecule has 1 aromatic heterocycles. The van der Waals surface area contributed by atoms with Crippen molar-refractivity contribution in [3.63, 3.8) is 0 Å². The van der Waals surface area contributed by atoms with Crippen LogP contribution in [-0.4, -0.2) is 76.4 Å². The number of halogens is 1. The van der Waals surface area contributed by atoms with E-state index in [0.29, 0.717) is 0 Å². The predicted molar refractivity (Wildman–Crippen MR) is 142 cm³/mol. The van der Waals surface area contributed by atoms with E-state index in [1.54, 1.807) is 14.2 Å². The Morgan fingerprint density at radius 3 is 2.39 bits per heavy atom. The molecule has 1 saturated carbocycles. The van der Waals surface area contributed by atoms with E-state index in [1.807, 2.05) is 22.9 Å². The minimum Gasteiger partial charge on any atom is -0.497 e. The van der Waals surface area contributed by atoms with E-state index in [4.69, 9.17) is 9.47 Å². The normalized spacial score (nSPS) is 18.1. The van der Waals surface area contributed by atoms with Crippen LogP contribution in [0.25, 0.3) is 0 Å². The van der Waals surface area contributed by atoms with Gasteiger partial charge in [0.2, 0.25) is 0 Å². The summed E-state index contributed by atoms with van der Waals surface area (Å²) in [5, 5.41) is 13.1. The molecule has 0 amide bonds. The quantitative estimate of drug-likeness (QED) is 0.429. The van der Waals surface area contributed by atoms with Gasteiger partial charge >= 0.3 is 0 Å². The Morgan fingerprint density at radius 2 is 1.69 bits per heavy atom. The van der Waals surface area contributed by atoms with Crippen molar-refractivity contribution in [3.05, 3.63) is 65.5 Å². The molecule has 0 N–H and O–H groups in total. The summed E-state index contributed by atoms with van der Waals surface area (Å²) in [5.41, 5.74) is 2.34. The molecule has 0 spiro atoms. The number of rotatable bonds is 9. The van der Waals surface area contributed by atoms with Crippen molar-refractivity contribution in [1.29, 1.82) is 0 Å². The van der Waals surface area contributed by atoms with Gasteiger partial charge in [-0.15, -0.1) is 17.5 Å². The fraction of sp³-hybridized carbons (Fsp3) is 0.519. The van der Waals surface area contributed by atoms with E-state index in [-0.39, 0.29) is 18.4 Å². The molecule has 3 aromatic rings. The highest BCUT2D eigenvalue weighted by atomic mass is 35.5. The van der Waals surface area contributed by atoms with Gasteiger partial charge in [0.25, 0.3) is 0 Å². The Kier molecular flexibility index (Phi) is 9.18. The average molecular weight is 513 g/mol.